The van der Waals surface area contributed by atoms with Crippen LogP contribution in [0.15, 0.2) is 0 Å². The van der Waals surface area contributed by atoms with E-state index >= 15 is 0 Å². The molecule has 0 aromatic carbocycles. The lowest BCUT2D eigenvalue weighted by molar-refractivity contribution is 0.0521. The van der Waals surface area contributed by atoms with Crippen LogP contribution in [0, 0.1) is 17.8 Å². The van der Waals surface area contributed by atoms with Gasteiger partial charge in [-0.15, -0.1) is 0 Å². The van der Waals surface area contributed by atoms with Crippen LogP contribution in [-0.4, -0.2) is 55.1 Å². The summed E-state index contributed by atoms with van der Waals surface area (Å²) in [5.74, 6) is 2.48. The lowest BCUT2D eigenvalue weighted by Crippen LogP contribution is -2.52. The Morgan fingerprint density at radius 3 is 2.11 bits per heavy atom. The zero-order chi connectivity index (χ0) is 13.8. The fourth-order valence-electron chi connectivity index (χ4n) is 4.03. The van der Waals surface area contributed by atoms with Gasteiger partial charge in [0.2, 0.25) is 0 Å². The predicted molar refractivity (Wildman–Crippen MR) is 82.2 cm³/mol. The van der Waals surface area contributed by atoms with Crippen molar-refractivity contribution in [2.75, 3.05) is 39.3 Å². The molecule has 1 aliphatic heterocycles. The Balaban J connectivity index is 1.76. The molecule has 0 bridgehead atoms. The van der Waals surface area contributed by atoms with Gasteiger partial charge < -0.3 is 10.6 Å². The summed E-state index contributed by atoms with van der Waals surface area (Å²) in [7, 11) is 0. The Kier molecular flexibility index (Phi) is 5.67. The fraction of sp³-hybridized carbons (Fsp3) is 1.00. The first-order valence-electron chi connectivity index (χ1n) is 8.25. The number of nitrogens with zero attached hydrogens (tertiary/aromatic N) is 2. The van der Waals surface area contributed by atoms with Crippen molar-refractivity contribution in [3.05, 3.63) is 0 Å². The summed E-state index contributed by atoms with van der Waals surface area (Å²) in [5, 5.41) is 0. The van der Waals surface area contributed by atoms with Gasteiger partial charge in [-0.25, -0.2) is 0 Å². The van der Waals surface area contributed by atoms with Crippen molar-refractivity contribution in [3.8, 4) is 0 Å². The Labute approximate surface area is 119 Å². The minimum atomic E-state index is 0.640. The summed E-state index contributed by atoms with van der Waals surface area (Å²) in [6, 6.07) is 0.854. The van der Waals surface area contributed by atoms with E-state index in [1.165, 1.54) is 52.0 Å². The number of hydrogen-bond donors (Lipinski definition) is 1. The van der Waals surface area contributed by atoms with Gasteiger partial charge in [-0.3, -0.25) is 4.90 Å². The van der Waals surface area contributed by atoms with Crippen LogP contribution in [0.1, 0.15) is 40.0 Å². The molecule has 0 radical (unpaired) electrons. The monoisotopic (exact) mass is 267 g/mol. The second-order valence-electron chi connectivity index (χ2n) is 7.25. The molecule has 1 saturated heterocycles. The topological polar surface area (TPSA) is 32.5 Å². The lowest BCUT2D eigenvalue weighted by Gasteiger charge is -2.43. The number of hydrogen-bond acceptors (Lipinski definition) is 3. The van der Waals surface area contributed by atoms with Crippen LogP contribution in [0.25, 0.3) is 0 Å². The van der Waals surface area contributed by atoms with Gasteiger partial charge in [0.1, 0.15) is 0 Å². The Morgan fingerprint density at radius 1 is 1.00 bits per heavy atom. The van der Waals surface area contributed by atoms with Gasteiger partial charge >= 0.3 is 0 Å². The van der Waals surface area contributed by atoms with Gasteiger partial charge in [-0.2, -0.15) is 0 Å². The summed E-state index contributed by atoms with van der Waals surface area (Å²) in [5.41, 5.74) is 5.73. The van der Waals surface area contributed by atoms with E-state index in [-0.39, 0.29) is 0 Å². The van der Waals surface area contributed by atoms with Crippen molar-refractivity contribution in [2.45, 2.75) is 46.1 Å². The molecule has 0 spiro atoms. The van der Waals surface area contributed by atoms with Crippen LogP contribution < -0.4 is 5.73 Å². The molecule has 3 atom stereocenters. The van der Waals surface area contributed by atoms with Crippen molar-refractivity contribution < 1.29 is 0 Å². The van der Waals surface area contributed by atoms with Crippen LogP contribution in [0.2, 0.25) is 0 Å². The zero-order valence-electron chi connectivity index (χ0n) is 13.1. The standard InChI is InChI=1S/C16H33N3/c1-13-8-14(2)10-16(9-13)19-6-4-18(5-7-19)12-15(3)11-17/h13-16H,4-12,17H2,1-3H3. The van der Waals surface area contributed by atoms with E-state index in [0.29, 0.717) is 5.92 Å². The largest absolute Gasteiger partial charge is 0.330 e. The van der Waals surface area contributed by atoms with Crippen LogP contribution in [-0.2, 0) is 0 Å². The summed E-state index contributed by atoms with van der Waals surface area (Å²) in [6.45, 7) is 14.1. The lowest BCUT2D eigenvalue weighted by atomic mass is 9.79. The zero-order valence-corrected chi connectivity index (χ0v) is 13.1. The quantitative estimate of drug-likeness (QED) is 0.846. The first-order valence-corrected chi connectivity index (χ1v) is 8.25. The van der Waals surface area contributed by atoms with Crippen LogP contribution in [0.5, 0.6) is 0 Å². The minimum Gasteiger partial charge on any atom is -0.330 e. The number of nitrogens with two attached hydrogens (primary N) is 1. The number of piperazine rings is 1. The minimum absolute atomic E-state index is 0.640. The third kappa shape index (κ3) is 4.44. The highest BCUT2D eigenvalue weighted by atomic mass is 15.3. The normalized spacial score (nSPS) is 36.3. The van der Waals surface area contributed by atoms with Crippen LogP contribution in [0.4, 0.5) is 0 Å². The smallest absolute Gasteiger partial charge is 0.0113 e. The average Bonchev–Trinajstić information content (AvgIpc) is 2.38. The van der Waals surface area contributed by atoms with Crippen molar-refractivity contribution in [2.24, 2.45) is 23.5 Å². The van der Waals surface area contributed by atoms with Crippen molar-refractivity contribution in [1.29, 1.82) is 0 Å². The molecule has 3 unspecified atom stereocenters. The SMILES string of the molecule is CC1CC(C)CC(N2CCN(CC(C)CN)CC2)C1. The maximum atomic E-state index is 5.73. The van der Waals surface area contributed by atoms with Crippen LogP contribution in [0.3, 0.4) is 0 Å². The molecule has 1 heterocycles. The number of rotatable bonds is 4. The molecule has 0 aromatic rings. The highest BCUT2D eigenvalue weighted by Gasteiger charge is 2.30. The second kappa shape index (κ2) is 7.05. The highest BCUT2D eigenvalue weighted by Crippen LogP contribution is 2.31. The highest BCUT2D eigenvalue weighted by molar-refractivity contribution is 4.85. The maximum absolute atomic E-state index is 5.73. The van der Waals surface area contributed by atoms with Gasteiger partial charge in [0.05, 0.1) is 0 Å². The first kappa shape index (κ1) is 15.3. The van der Waals surface area contributed by atoms with Crippen molar-refractivity contribution in [3.63, 3.8) is 0 Å². The van der Waals surface area contributed by atoms with Gasteiger partial charge in [-0.05, 0) is 43.6 Å². The van der Waals surface area contributed by atoms with Gasteiger partial charge in [0.25, 0.3) is 0 Å². The molecule has 2 rings (SSSR count). The third-order valence-electron chi connectivity index (χ3n) is 5.05. The predicted octanol–water partition coefficient (Wildman–Crippen LogP) is 2.02. The Morgan fingerprint density at radius 2 is 1.58 bits per heavy atom. The van der Waals surface area contributed by atoms with E-state index < -0.39 is 0 Å². The molecule has 1 aliphatic carbocycles. The van der Waals surface area contributed by atoms with E-state index in [1.807, 2.05) is 0 Å². The van der Waals surface area contributed by atoms with E-state index in [2.05, 4.69) is 30.6 Å². The molecule has 3 nitrogen and oxygen atoms in total. The Hall–Kier alpha value is -0.120. The molecule has 3 heteroatoms. The first-order chi connectivity index (χ1) is 9.08. The molecule has 2 aliphatic rings. The Bertz CT molecular complexity index is 251. The molecular formula is C16H33N3. The second-order valence-corrected chi connectivity index (χ2v) is 7.25. The van der Waals surface area contributed by atoms with E-state index in [4.69, 9.17) is 5.73 Å². The fourth-order valence-corrected chi connectivity index (χ4v) is 4.03. The van der Waals surface area contributed by atoms with Crippen LogP contribution >= 0.6 is 0 Å². The average molecular weight is 267 g/mol. The van der Waals surface area contributed by atoms with Crippen molar-refractivity contribution in [1.82, 2.24) is 9.80 Å². The third-order valence-corrected chi connectivity index (χ3v) is 5.05. The molecular weight excluding hydrogens is 234 g/mol. The summed E-state index contributed by atoms with van der Waals surface area (Å²) in [6.07, 6.45) is 4.28. The molecule has 0 aromatic heterocycles. The molecule has 2 N–H and O–H groups in total. The molecule has 0 amide bonds. The van der Waals surface area contributed by atoms with Gasteiger partial charge in [-0.1, -0.05) is 20.8 Å². The molecule has 1 saturated carbocycles. The summed E-state index contributed by atoms with van der Waals surface area (Å²) >= 11 is 0. The summed E-state index contributed by atoms with van der Waals surface area (Å²) < 4.78 is 0. The van der Waals surface area contributed by atoms with Gasteiger partial charge in [0, 0.05) is 38.8 Å². The van der Waals surface area contributed by atoms with E-state index in [0.717, 1.165) is 24.4 Å². The summed E-state index contributed by atoms with van der Waals surface area (Å²) in [4.78, 5) is 5.36. The molecule has 2 fully saturated rings. The van der Waals surface area contributed by atoms with E-state index in [9.17, 15) is 0 Å². The van der Waals surface area contributed by atoms with Gasteiger partial charge in [0.15, 0.2) is 0 Å². The van der Waals surface area contributed by atoms with E-state index in [1.54, 1.807) is 0 Å². The van der Waals surface area contributed by atoms with Crippen molar-refractivity contribution >= 4 is 0 Å². The molecule has 112 valence electrons. The maximum Gasteiger partial charge on any atom is 0.0113 e. The molecule has 19 heavy (non-hydrogen) atoms.